The first-order valence-corrected chi connectivity index (χ1v) is 15.6. The van der Waals surface area contributed by atoms with Gasteiger partial charge in [-0.2, -0.15) is 0 Å². The number of fused-ring (bicyclic) bond motifs is 3. The molecule has 3 atom stereocenters. The van der Waals surface area contributed by atoms with E-state index in [0.717, 1.165) is 11.1 Å². The van der Waals surface area contributed by atoms with Crippen molar-refractivity contribution >= 4 is 21.8 Å². The molecule has 10 heteroatoms. The van der Waals surface area contributed by atoms with E-state index in [9.17, 15) is 18.3 Å². The van der Waals surface area contributed by atoms with Crippen LogP contribution >= 0.6 is 0 Å². The van der Waals surface area contributed by atoms with E-state index in [0.29, 0.717) is 36.4 Å². The number of hydrogen-bond donors (Lipinski definition) is 2. The quantitative estimate of drug-likeness (QED) is 0.243. The monoisotopic (exact) mass is 594 g/mol. The van der Waals surface area contributed by atoms with Gasteiger partial charge in [-0.05, 0) is 76.4 Å². The Hall–Kier alpha value is -3.60. The molecule has 3 aromatic rings. The molecule has 0 aliphatic carbocycles. The molecule has 0 bridgehead atoms. The van der Waals surface area contributed by atoms with E-state index in [1.807, 2.05) is 37.3 Å². The van der Waals surface area contributed by atoms with Crippen LogP contribution in [0.25, 0.3) is 0 Å². The Morgan fingerprint density at radius 1 is 1.07 bits per heavy atom. The summed E-state index contributed by atoms with van der Waals surface area (Å²) in [6.07, 6.45) is -0.258. The van der Waals surface area contributed by atoms with E-state index in [1.165, 1.54) is 4.31 Å². The lowest BCUT2D eigenvalue weighted by Crippen LogP contribution is -2.53. The number of carbonyl (C=O) groups excluding carboxylic acids is 1. The van der Waals surface area contributed by atoms with Gasteiger partial charge in [-0.1, -0.05) is 48.0 Å². The van der Waals surface area contributed by atoms with E-state index in [4.69, 9.17) is 14.2 Å². The molecule has 0 saturated carbocycles. The topological polar surface area (TPSA) is 118 Å². The average Bonchev–Trinajstić information content (AvgIpc) is 3.70. The maximum atomic E-state index is 14.3. The number of hydrogen-bond acceptors (Lipinski definition) is 7. The van der Waals surface area contributed by atoms with Gasteiger partial charge < -0.3 is 24.6 Å². The minimum absolute atomic E-state index is 0.146. The van der Waals surface area contributed by atoms with Crippen LogP contribution in [-0.2, 0) is 26.1 Å². The Kier molecular flexibility index (Phi) is 8.24. The number of aliphatic hydroxyl groups excluding tert-OH is 1. The predicted octanol–water partition coefficient (Wildman–Crippen LogP) is 5.26. The normalized spacial score (nSPS) is 21.2. The zero-order valence-electron chi connectivity index (χ0n) is 24.4. The largest absolute Gasteiger partial charge is 0.489 e. The lowest BCUT2D eigenvalue weighted by atomic mass is 9.85. The third-order valence-electron chi connectivity index (χ3n) is 7.49. The van der Waals surface area contributed by atoms with Crippen molar-refractivity contribution in [1.29, 1.82) is 0 Å². The smallest absolute Gasteiger partial charge is 0.407 e. The van der Waals surface area contributed by atoms with E-state index in [-0.39, 0.29) is 18.0 Å². The van der Waals surface area contributed by atoms with E-state index in [1.54, 1.807) is 63.2 Å². The van der Waals surface area contributed by atoms with Crippen LogP contribution in [-0.4, -0.2) is 50.0 Å². The van der Waals surface area contributed by atoms with Crippen LogP contribution in [0.1, 0.15) is 56.4 Å². The van der Waals surface area contributed by atoms with Crippen LogP contribution in [0.2, 0.25) is 0 Å². The lowest BCUT2D eigenvalue weighted by Gasteiger charge is -2.40. The molecule has 1 amide bonds. The van der Waals surface area contributed by atoms with Gasteiger partial charge >= 0.3 is 6.09 Å². The molecule has 2 unspecified atom stereocenters. The Balaban J connectivity index is 1.45. The summed E-state index contributed by atoms with van der Waals surface area (Å²) in [6.45, 7) is 7.52. The first-order valence-electron chi connectivity index (χ1n) is 14.1. The van der Waals surface area contributed by atoms with Crippen molar-refractivity contribution in [3.8, 4) is 5.75 Å². The number of ether oxygens (including phenoxy) is 3. The molecule has 2 aliphatic rings. The highest BCUT2D eigenvalue weighted by atomic mass is 32.2. The molecule has 1 saturated heterocycles. The predicted molar refractivity (Wildman–Crippen MR) is 159 cm³/mol. The van der Waals surface area contributed by atoms with E-state index < -0.39 is 39.5 Å². The first kappa shape index (κ1) is 29.9. The van der Waals surface area contributed by atoms with Crippen LogP contribution in [0.3, 0.4) is 0 Å². The van der Waals surface area contributed by atoms with Crippen molar-refractivity contribution in [3.05, 3.63) is 89.5 Å². The van der Waals surface area contributed by atoms with Gasteiger partial charge in [-0.3, -0.25) is 4.31 Å². The number of sulfonamides is 1. The summed E-state index contributed by atoms with van der Waals surface area (Å²) in [5.41, 5.74) is 1.33. The third-order valence-corrected chi connectivity index (χ3v) is 9.32. The number of epoxide rings is 1. The summed E-state index contributed by atoms with van der Waals surface area (Å²) in [7, 11) is -4.05. The average molecular weight is 595 g/mol. The molecule has 9 nitrogen and oxygen atoms in total. The van der Waals surface area contributed by atoms with Crippen LogP contribution in [0.4, 0.5) is 10.5 Å². The molecule has 1 fully saturated rings. The zero-order valence-corrected chi connectivity index (χ0v) is 25.2. The SMILES string of the molecule is Cc1ccc(S(=O)(=O)N2c3ccc(OCc4ccccc4)cc3C3OC3(CO)[C@@H]2CCCNC(=O)OC(C)(C)C)cc1. The highest BCUT2D eigenvalue weighted by Crippen LogP contribution is 2.61. The van der Waals surface area contributed by atoms with Crippen molar-refractivity contribution in [1.82, 2.24) is 5.32 Å². The highest BCUT2D eigenvalue weighted by molar-refractivity contribution is 7.92. The van der Waals surface area contributed by atoms with Crippen molar-refractivity contribution in [2.45, 2.75) is 75.4 Å². The van der Waals surface area contributed by atoms with Crippen molar-refractivity contribution in [2.75, 3.05) is 17.5 Å². The second kappa shape index (κ2) is 11.6. The van der Waals surface area contributed by atoms with Gasteiger partial charge in [-0.15, -0.1) is 0 Å². The van der Waals surface area contributed by atoms with E-state index >= 15 is 0 Å². The van der Waals surface area contributed by atoms with Gasteiger partial charge in [0.1, 0.15) is 29.7 Å². The summed E-state index contributed by atoms with van der Waals surface area (Å²) in [5, 5.41) is 13.3. The maximum absolute atomic E-state index is 14.3. The number of anilines is 1. The molecule has 2 heterocycles. The molecule has 0 spiro atoms. The summed E-state index contributed by atoms with van der Waals surface area (Å²) < 4.78 is 47.4. The minimum Gasteiger partial charge on any atom is -0.489 e. The molecule has 224 valence electrons. The van der Waals surface area contributed by atoms with Crippen molar-refractivity contribution in [2.24, 2.45) is 0 Å². The first-order chi connectivity index (χ1) is 19.9. The van der Waals surface area contributed by atoms with Crippen LogP contribution in [0.5, 0.6) is 5.75 Å². The lowest BCUT2D eigenvalue weighted by molar-refractivity contribution is 0.0526. The molecule has 2 N–H and O–H groups in total. The highest BCUT2D eigenvalue weighted by Gasteiger charge is 2.68. The van der Waals surface area contributed by atoms with Gasteiger partial charge in [0.15, 0.2) is 0 Å². The van der Waals surface area contributed by atoms with Crippen LogP contribution in [0, 0.1) is 6.92 Å². The summed E-state index contributed by atoms with van der Waals surface area (Å²) in [5.74, 6) is 0.577. The van der Waals surface area contributed by atoms with Crippen molar-refractivity contribution in [3.63, 3.8) is 0 Å². The standard InChI is InChI=1S/C32H38N2O7S/c1-22-12-15-25(16-13-22)42(37,38)34-27-17-14-24(39-20-23-9-6-5-7-10-23)19-26(27)29-32(21-35,40-29)28(34)11-8-18-33-30(36)41-31(2,3)4/h5-7,9-10,12-17,19,28-29,35H,8,11,18,20-21H2,1-4H3,(H,33,36)/t28-,29?,32?/m0/s1. The number of carbonyl (C=O) groups is 1. The molecule has 0 radical (unpaired) electrons. The van der Waals surface area contributed by atoms with Crippen molar-refractivity contribution < 1.29 is 32.5 Å². The van der Waals surface area contributed by atoms with Gasteiger partial charge in [0.25, 0.3) is 10.0 Å². The molecular weight excluding hydrogens is 556 g/mol. The van der Waals surface area contributed by atoms with Gasteiger partial charge in [0.2, 0.25) is 0 Å². The Morgan fingerprint density at radius 2 is 1.79 bits per heavy atom. The fraction of sp³-hybridized carbons (Fsp3) is 0.406. The second-order valence-electron chi connectivity index (χ2n) is 11.8. The number of aliphatic hydroxyl groups is 1. The third kappa shape index (κ3) is 6.11. The minimum atomic E-state index is -4.05. The number of aryl methyl sites for hydroxylation is 1. The molecular formula is C32H38N2O7S. The Bertz CT molecular complexity index is 1520. The number of nitrogens with zero attached hydrogens (tertiary/aromatic N) is 1. The molecule has 2 aliphatic heterocycles. The summed E-state index contributed by atoms with van der Waals surface area (Å²) in [4.78, 5) is 12.3. The second-order valence-corrected chi connectivity index (χ2v) is 13.6. The van der Waals surface area contributed by atoms with Crippen LogP contribution < -0.4 is 14.4 Å². The van der Waals surface area contributed by atoms with Crippen LogP contribution in [0.15, 0.2) is 77.7 Å². The number of alkyl carbamates (subject to hydrolysis) is 1. The molecule has 42 heavy (non-hydrogen) atoms. The Morgan fingerprint density at radius 3 is 2.45 bits per heavy atom. The number of benzene rings is 3. The molecule has 0 aromatic heterocycles. The fourth-order valence-corrected chi connectivity index (χ4v) is 7.16. The summed E-state index contributed by atoms with van der Waals surface area (Å²) >= 11 is 0. The number of rotatable bonds is 10. The summed E-state index contributed by atoms with van der Waals surface area (Å²) in [6, 6.07) is 21.1. The van der Waals surface area contributed by atoms with Gasteiger partial charge in [-0.25, -0.2) is 13.2 Å². The fourth-order valence-electron chi connectivity index (χ4n) is 5.41. The van der Waals surface area contributed by atoms with Gasteiger partial charge in [0.05, 0.1) is 23.2 Å². The Labute approximate surface area is 247 Å². The number of nitrogens with one attached hydrogen (secondary N) is 1. The van der Waals surface area contributed by atoms with Gasteiger partial charge in [0, 0.05) is 12.1 Å². The molecule has 3 aromatic carbocycles. The molecule has 5 rings (SSSR count). The maximum Gasteiger partial charge on any atom is 0.407 e. The number of amides is 1. The zero-order chi connectivity index (χ0) is 30.1. The van der Waals surface area contributed by atoms with E-state index in [2.05, 4.69) is 5.32 Å².